The number of allylic oxidation sites excluding steroid dienone is 1. The van der Waals surface area contributed by atoms with Crippen LogP contribution in [0, 0.1) is 0 Å². The Bertz CT molecular complexity index is 1020. The number of ketones is 1. The molecule has 0 atom stereocenters. The minimum absolute atomic E-state index is 0.0725. The average Bonchev–Trinajstić information content (AvgIpc) is 3.31. The molecule has 9 nitrogen and oxygen atoms in total. The zero-order chi connectivity index (χ0) is 21.1. The summed E-state index contributed by atoms with van der Waals surface area (Å²) in [6.45, 7) is 5.11. The minimum Gasteiger partial charge on any atom is -0.462 e. The number of nitrogens with zero attached hydrogens (tertiary/aromatic N) is 3. The fraction of sp³-hybridized carbons (Fsp3) is 0.381. The normalized spacial score (nSPS) is 19.1. The fourth-order valence-electron chi connectivity index (χ4n) is 3.68. The van der Waals surface area contributed by atoms with Gasteiger partial charge in [0, 0.05) is 56.1 Å². The van der Waals surface area contributed by atoms with Crippen LogP contribution in [0.2, 0.25) is 0 Å². The van der Waals surface area contributed by atoms with Crippen LogP contribution < -0.4 is 0 Å². The number of aromatic amines is 1. The van der Waals surface area contributed by atoms with Gasteiger partial charge in [-0.05, 0) is 25.1 Å². The van der Waals surface area contributed by atoms with E-state index in [4.69, 9.17) is 14.6 Å². The number of piperazine rings is 1. The van der Waals surface area contributed by atoms with Gasteiger partial charge in [0.25, 0.3) is 0 Å². The molecule has 0 aromatic carbocycles. The van der Waals surface area contributed by atoms with Gasteiger partial charge in [0.05, 0.1) is 13.2 Å². The van der Waals surface area contributed by atoms with Crippen molar-refractivity contribution in [1.82, 2.24) is 19.8 Å². The van der Waals surface area contributed by atoms with Crippen LogP contribution in [0.3, 0.4) is 0 Å². The van der Waals surface area contributed by atoms with E-state index in [1.807, 2.05) is 17.0 Å². The number of hydrogen-bond donors (Lipinski definition) is 2. The molecular weight excluding hydrogens is 388 g/mol. The largest absolute Gasteiger partial charge is 0.462 e. The molecule has 0 unspecified atom stereocenters. The summed E-state index contributed by atoms with van der Waals surface area (Å²) in [6.07, 6.45) is 5.05. The molecule has 0 spiro atoms. The highest BCUT2D eigenvalue weighted by atomic mass is 16.5. The molecule has 0 amide bonds. The number of hydrogen-bond acceptors (Lipinski definition) is 8. The molecule has 2 aliphatic heterocycles. The maximum atomic E-state index is 13.1. The lowest BCUT2D eigenvalue weighted by atomic mass is 10.1. The Hall–Kier alpha value is -3.17. The lowest BCUT2D eigenvalue weighted by Gasteiger charge is -2.35. The number of fused-ring (bicyclic) bond motifs is 1. The number of nitrogens with one attached hydrogen (secondary N) is 1. The summed E-state index contributed by atoms with van der Waals surface area (Å²) < 4.78 is 11.0. The summed E-state index contributed by atoms with van der Waals surface area (Å²) in [5.41, 5.74) is 1.38. The van der Waals surface area contributed by atoms with Gasteiger partial charge < -0.3 is 24.5 Å². The zero-order valence-electron chi connectivity index (χ0n) is 16.8. The molecule has 2 N–H and O–H groups in total. The fourth-order valence-corrected chi connectivity index (χ4v) is 3.68. The van der Waals surface area contributed by atoms with E-state index < -0.39 is 11.8 Å². The Balaban J connectivity index is 1.63. The smallest absolute Gasteiger partial charge is 0.347 e. The van der Waals surface area contributed by atoms with Crippen molar-refractivity contribution < 1.29 is 24.2 Å². The molecule has 2 aromatic heterocycles. The Morgan fingerprint density at radius 1 is 1.37 bits per heavy atom. The highest BCUT2D eigenvalue weighted by molar-refractivity contribution is 6.26. The van der Waals surface area contributed by atoms with Gasteiger partial charge in [0.2, 0.25) is 11.7 Å². The predicted molar refractivity (Wildman–Crippen MR) is 109 cm³/mol. The van der Waals surface area contributed by atoms with E-state index >= 15 is 0 Å². The van der Waals surface area contributed by atoms with E-state index in [0.717, 1.165) is 10.9 Å². The molecule has 1 saturated heterocycles. The standard InChI is InChI=1S/C21H24N4O5/c1-2-29-21(28)17-18(27)16(12-14-13-23-19-15(14)4-3-5-22-19)30-20(17)25-8-6-24(7-9-25)10-11-26/h3-5,12-13,26H,2,6-11H2,1H3,(H,22,23)/b16-12-. The molecule has 0 bridgehead atoms. The molecule has 4 rings (SSSR count). The Morgan fingerprint density at radius 3 is 2.90 bits per heavy atom. The van der Waals surface area contributed by atoms with E-state index in [1.54, 1.807) is 25.4 Å². The van der Waals surface area contributed by atoms with Crippen LogP contribution in [0.4, 0.5) is 0 Å². The molecule has 9 heteroatoms. The Kier molecular flexibility index (Phi) is 5.82. The number of aromatic nitrogens is 2. The first-order valence-corrected chi connectivity index (χ1v) is 9.98. The van der Waals surface area contributed by atoms with Gasteiger partial charge in [0.15, 0.2) is 11.3 Å². The van der Waals surface area contributed by atoms with Gasteiger partial charge in [-0.25, -0.2) is 9.78 Å². The van der Waals surface area contributed by atoms with Crippen LogP contribution in [0.5, 0.6) is 0 Å². The van der Waals surface area contributed by atoms with Gasteiger partial charge in [0.1, 0.15) is 5.65 Å². The van der Waals surface area contributed by atoms with E-state index in [9.17, 15) is 9.59 Å². The van der Waals surface area contributed by atoms with Gasteiger partial charge in [-0.2, -0.15) is 0 Å². The molecular formula is C21H24N4O5. The third-order valence-corrected chi connectivity index (χ3v) is 5.20. The van der Waals surface area contributed by atoms with Crippen LogP contribution in [0.25, 0.3) is 17.1 Å². The van der Waals surface area contributed by atoms with Gasteiger partial charge in [-0.1, -0.05) is 0 Å². The molecule has 2 aromatic rings. The molecule has 0 saturated carbocycles. The van der Waals surface area contributed by atoms with Crippen molar-refractivity contribution in [3.05, 3.63) is 47.3 Å². The number of β-amino-alcohol motifs (C(OH)–C–C–N with tert-alkyl or cyclic N) is 1. The minimum atomic E-state index is -0.681. The first kappa shape index (κ1) is 20.1. The summed E-state index contributed by atoms with van der Waals surface area (Å²) in [4.78, 5) is 36.9. The average molecular weight is 412 g/mol. The van der Waals surface area contributed by atoms with Crippen molar-refractivity contribution in [3.8, 4) is 0 Å². The number of pyridine rings is 1. The van der Waals surface area contributed by atoms with E-state index in [0.29, 0.717) is 38.4 Å². The van der Waals surface area contributed by atoms with Crippen LogP contribution in [0.15, 0.2) is 41.7 Å². The molecule has 0 aliphatic carbocycles. The highest BCUT2D eigenvalue weighted by Crippen LogP contribution is 2.31. The van der Waals surface area contributed by atoms with Crippen molar-refractivity contribution in [1.29, 1.82) is 0 Å². The lowest BCUT2D eigenvalue weighted by Crippen LogP contribution is -2.47. The molecule has 30 heavy (non-hydrogen) atoms. The van der Waals surface area contributed by atoms with Crippen molar-refractivity contribution in [2.45, 2.75) is 6.92 Å². The monoisotopic (exact) mass is 412 g/mol. The number of rotatable bonds is 6. The topological polar surface area (TPSA) is 108 Å². The summed E-state index contributed by atoms with van der Waals surface area (Å²) >= 11 is 0. The van der Waals surface area contributed by atoms with Crippen molar-refractivity contribution in [2.75, 3.05) is 45.9 Å². The Labute approximate surface area is 173 Å². The van der Waals surface area contributed by atoms with E-state index in [-0.39, 0.29) is 30.4 Å². The number of aliphatic hydroxyl groups is 1. The number of carbonyl (C=O) groups is 2. The zero-order valence-corrected chi connectivity index (χ0v) is 16.8. The summed E-state index contributed by atoms with van der Waals surface area (Å²) in [7, 11) is 0. The number of ether oxygens (including phenoxy) is 2. The van der Waals surface area contributed by atoms with E-state index in [2.05, 4.69) is 14.9 Å². The van der Waals surface area contributed by atoms with Gasteiger partial charge >= 0.3 is 5.97 Å². The van der Waals surface area contributed by atoms with Crippen molar-refractivity contribution in [2.24, 2.45) is 0 Å². The molecule has 2 aliphatic rings. The second kappa shape index (κ2) is 8.68. The number of carbonyl (C=O) groups excluding carboxylic acids is 2. The van der Waals surface area contributed by atoms with E-state index in [1.165, 1.54) is 0 Å². The molecule has 158 valence electrons. The summed E-state index contributed by atoms with van der Waals surface area (Å²) in [5, 5.41) is 9.98. The first-order valence-electron chi connectivity index (χ1n) is 9.98. The van der Waals surface area contributed by atoms with Crippen LogP contribution in [-0.4, -0.2) is 82.6 Å². The Morgan fingerprint density at radius 2 is 2.17 bits per heavy atom. The SMILES string of the molecule is CCOC(=O)C1=C(N2CCN(CCO)CC2)O/C(=C\c2c[nH]c3ncccc23)C1=O. The number of aliphatic hydroxyl groups excluding tert-OH is 1. The number of Topliss-reactive ketones (excluding diaryl/α,β-unsaturated/α-hetero) is 1. The summed E-state index contributed by atoms with van der Waals surface area (Å²) in [6, 6.07) is 3.71. The second-order valence-corrected chi connectivity index (χ2v) is 7.04. The number of H-pyrrole nitrogens is 1. The van der Waals surface area contributed by atoms with Crippen molar-refractivity contribution in [3.63, 3.8) is 0 Å². The van der Waals surface area contributed by atoms with Crippen LogP contribution in [0.1, 0.15) is 12.5 Å². The maximum Gasteiger partial charge on any atom is 0.347 e. The quantitative estimate of drug-likeness (QED) is 0.409. The maximum absolute atomic E-state index is 13.1. The first-order chi connectivity index (χ1) is 14.6. The lowest BCUT2D eigenvalue weighted by molar-refractivity contribution is -0.139. The third kappa shape index (κ3) is 3.81. The van der Waals surface area contributed by atoms with Gasteiger partial charge in [-0.3, -0.25) is 9.69 Å². The van der Waals surface area contributed by atoms with Crippen LogP contribution >= 0.6 is 0 Å². The number of esters is 1. The third-order valence-electron chi connectivity index (χ3n) is 5.20. The predicted octanol–water partition coefficient (Wildman–Crippen LogP) is 0.888. The van der Waals surface area contributed by atoms with Crippen molar-refractivity contribution >= 4 is 28.9 Å². The van der Waals surface area contributed by atoms with Gasteiger partial charge in [-0.15, -0.1) is 0 Å². The molecule has 1 fully saturated rings. The highest BCUT2D eigenvalue weighted by Gasteiger charge is 2.40. The molecule has 4 heterocycles. The van der Waals surface area contributed by atoms with Crippen LogP contribution in [-0.2, 0) is 19.1 Å². The summed E-state index contributed by atoms with van der Waals surface area (Å²) in [5.74, 6) is -0.847. The molecule has 0 radical (unpaired) electrons. The second-order valence-electron chi connectivity index (χ2n) is 7.04.